The Morgan fingerprint density at radius 3 is 2.54 bits per heavy atom. The maximum absolute atomic E-state index is 11.8. The van der Waals surface area contributed by atoms with Gasteiger partial charge in [-0.2, -0.15) is 11.8 Å². The summed E-state index contributed by atoms with van der Waals surface area (Å²) in [7, 11) is 3.62. The van der Waals surface area contributed by atoms with Crippen molar-refractivity contribution in [2.75, 3.05) is 58.8 Å². The van der Waals surface area contributed by atoms with Gasteiger partial charge in [-0.25, -0.2) is 0 Å². The number of aliphatic imine (C=N–C) groups is 1. The number of likely N-dealkylation sites (tertiary alicyclic amines) is 1. The maximum Gasteiger partial charge on any atom is 0.236 e. The van der Waals surface area contributed by atoms with E-state index < -0.39 is 0 Å². The highest BCUT2D eigenvalue weighted by Gasteiger charge is 2.21. The zero-order chi connectivity index (χ0) is 17.1. The molecule has 0 radical (unpaired) electrons. The summed E-state index contributed by atoms with van der Waals surface area (Å²) in [4.78, 5) is 20.3. The molecule has 24 heavy (non-hydrogen) atoms. The van der Waals surface area contributed by atoms with Gasteiger partial charge in [0.2, 0.25) is 5.91 Å². The summed E-state index contributed by atoms with van der Waals surface area (Å²) in [5, 5.41) is 6.86. The van der Waals surface area contributed by atoms with Crippen molar-refractivity contribution in [3.63, 3.8) is 0 Å². The molecule has 0 aromatic rings. The van der Waals surface area contributed by atoms with E-state index in [1.165, 1.54) is 0 Å². The third-order valence-corrected chi connectivity index (χ3v) is 4.60. The SMILES string of the molecule is CCNC(=NCCCSC)NC1CCN(CC(=O)N(C)C)CC1.I. The van der Waals surface area contributed by atoms with Gasteiger partial charge in [0.1, 0.15) is 0 Å². The van der Waals surface area contributed by atoms with Crippen LogP contribution < -0.4 is 10.6 Å². The molecule has 0 aliphatic carbocycles. The number of nitrogens with zero attached hydrogens (tertiary/aromatic N) is 3. The summed E-state index contributed by atoms with van der Waals surface area (Å²) >= 11 is 1.86. The molecule has 1 saturated heterocycles. The molecule has 0 aromatic heterocycles. The smallest absolute Gasteiger partial charge is 0.236 e. The lowest BCUT2D eigenvalue weighted by molar-refractivity contribution is -0.130. The summed E-state index contributed by atoms with van der Waals surface area (Å²) in [5.41, 5.74) is 0. The molecular formula is C16H34IN5OS. The van der Waals surface area contributed by atoms with Gasteiger partial charge in [-0.1, -0.05) is 0 Å². The number of carbonyl (C=O) groups excluding carboxylic acids is 1. The minimum absolute atomic E-state index is 0. The van der Waals surface area contributed by atoms with Crippen molar-refractivity contribution in [3.05, 3.63) is 0 Å². The molecule has 6 nitrogen and oxygen atoms in total. The summed E-state index contributed by atoms with van der Waals surface area (Å²) in [6.07, 6.45) is 5.34. The van der Waals surface area contributed by atoms with E-state index in [0.29, 0.717) is 12.6 Å². The normalized spacial score (nSPS) is 16.4. The van der Waals surface area contributed by atoms with Gasteiger partial charge in [-0.15, -0.1) is 24.0 Å². The molecule has 0 unspecified atom stereocenters. The number of halogens is 1. The van der Waals surface area contributed by atoms with E-state index in [4.69, 9.17) is 0 Å². The van der Waals surface area contributed by atoms with Crippen LogP contribution in [0.2, 0.25) is 0 Å². The molecular weight excluding hydrogens is 437 g/mol. The second-order valence-corrected chi connectivity index (χ2v) is 7.08. The van der Waals surface area contributed by atoms with Crippen molar-refractivity contribution in [2.45, 2.75) is 32.2 Å². The van der Waals surface area contributed by atoms with Gasteiger partial charge in [-0.3, -0.25) is 14.7 Å². The molecule has 0 aromatic carbocycles. The first-order valence-electron chi connectivity index (χ1n) is 8.53. The second-order valence-electron chi connectivity index (χ2n) is 6.09. The van der Waals surface area contributed by atoms with Crippen molar-refractivity contribution in [1.29, 1.82) is 0 Å². The van der Waals surface area contributed by atoms with Crippen LogP contribution in [-0.2, 0) is 4.79 Å². The highest BCUT2D eigenvalue weighted by molar-refractivity contribution is 14.0. The van der Waals surface area contributed by atoms with Crippen LogP contribution in [-0.4, -0.2) is 86.5 Å². The molecule has 1 fully saturated rings. The second kappa shape index (κ2) is 14.0. The van der Waals surface area contributed by atoms with Gasteiger partial charge in [0.05, 0.1) is 6.54 Å². The summed E-state index contributed by atoms with van der Waals surface area (Å²) in [5.74, 6) is 2.26. The van der Waals surface area contributed by atoms with E-state index in [1.54, 1.807) is 4.90 Å². The van der Waals surface area contributed by atoms with Gasteiger partial charge in [0, 0.05) is 46.3 Å². The van der Waals surface area contributed by atoms with Gasteiger partial charge in [0.15, 0.2) is 5.96 Å². The highest BCUT2D eigenvalue weighted by Crippen LogP contribution is 2.10. The summed E-state index contributed by atoms with van der Waals surface area (Å²) < 4.78 is 0. The van der Waals surface area contributed by atoms with Gasteiger partial charge < -0.3 is 15.5 Å². The molecule has 8 heteroatoms. The minimum atomic E-state index is 0. The molecule has 0 atom stereocenters. The van der Waals surface area contributed by atoms with Gasteiger partial charge in [0.25, 0.3) is 0 Å². The van der Waals surface area contributed by atoms with Crippen LogP contribution in [0.1, 0.15) is 26.2 Å². The van der Waals surface area contributed by atoms with E-state index >= 15 is 0 Å². The predicted molar refractivity (Wildman–Crippen MR) is 116 cm³/mol. The number of piperidine rings is 1. The first-order valence-corrected chi connectivity index (χ1v) is 9.92. The van der Waals surface area contributed by atoms with Gasteiger partial charge >= 0.3 is 0 Å². The van der Waals surface area contributed by atoms with Crippen LogP contribution >= 0.6 is 35.7 Å². The Morgan fingerprint density at radius 1 is 1.33 bits per heavy atom. The first kappa shape index (κ1) is 23.8. The number of carbonyl (C=O) groups is 1. The number of rotatable bonds is 8. The summed E-state index contributed by atoms with van der Waals surface area (Å²) in [6.45, 7) is 6.29. The molecule has 1 rings (SSSR count). The molecule has 0 spiro atoms. The highest BCUT2D eigenvalue weighted by atomic mass is 127. The van der Waals surface area contributed by atoms with E-state index in [2.05, 4.69) is 33.7 Å². The standard InChI is InChI=1S/C16H33N5OS.HI/c1-5-17-16(18-9-6-12-23-4)19-14-7-10-21(11-8-14)13-15(22)20(2)3;/h14H,5-13H2,1-4H3,(H2,17,18,19);1H. The Hall–Kier alpha value is -0.220. The van der Waals surface area contributed by atoms with E-state index in [0.717, 1.165) is 57.2 Å². The number of hydrogen-bond donors (Lipinski definition) is 2. The number of amides is 1. The zero-order valence-corrected chi connectivity index (χ0v) is 18.7. The van der Waals surface area contributed by atoms with Crippen molar-refractivity contribution in [2.24, 2.45) is 4.99 Å². The Kier molecular flexibility index (Phi) is 13.9. The quantitative estimate of drug-likeness (QED) is 0.243. The van der Waals surface area contributed by atoms with E-state index in [1.807, 2.05) is 25.9 Å². The fourth-order valence-electron chi connectivity index (χ4n) is 2.48. The van der Waals surface area contributed by atoms with Crippen molar-refractivity contribution in [3.8, 4) is 0 Å². The molecule has 1 heterocycles. The Bertz CT molecular complexity index is 373. The molecule has 0 bridgehead atoms. The number of likely N-dealkylation sites (N-methyl/N-ethyl adjacent to an activating group) is 1. The lowest BCUT2D eigenvalue weighted by Crippen LogP contribution is -2.50. The summed E-state index contributed by atoms with van der Waals surface area (Å²) in [6, 6.07) is 0.444. The lowest BCUT2D eigenvalue weighted by atomic mass is 10.1. The van der Waals surface area contributed by atoms with Crippen LogP contribution in [0.25, 0.3) is 0 Å². The predicted octanol–water partition coefficient (Wildman–Crippen LogP) is 1.47. The first-order chi connectivity index (χ1) is 11.1. The topological polar surface area (TPSA) is 60.0 Å². The number of guanidine groups is 1. The minimum Gasteiger partial charge on any atom is -0.357 e. The van der Waals surface area contributed by atoms with E-state index in [-0.39, 0.29) is 29.9 Å². The number of nitrogens with one attached hydrogen (secondary N) is 2. The number of thioether (sulfide) groups is 1. The van der Waals surface area contributed by atoms with Crippen LogP contribution in [0.15, 0.2) is 4.99 Å². The third-order valence-electron chi connectivity index (χ3n) is 3.91. The Balaban J connectivity index is 0.00000529. The molecule has 142 valence electrons. The monoisotopic (exact) mass is 471 g/mol. The molecule has 2 N–H and O–H groups in total. The van der Waals surface area contributed by atoms with Crippen LogP contribution in [0, 0.1) is 0 Å². The average molecular weight is 471 g/mol. The molecule has 1 aliphatic heterocycles. The van der Waals surface area contributed by atoms with Crippen molar-refractivity contribution < 1.29 is 4.79 Å². The Labute approximate surface area is 168 Å². The largest absolute Gasteiger partial charge is 0.357 e. The molecule has 0 saturated carbocycles. The Morgan fingerprint density at radius 2 is 2.00 bits per heavy atom. The molecule has 1 amide bonds. The van der Waals surface area contributed by atoms with Crippen LogP contribution in [0.3, 0.4) is 0 Å². The molecule has 1 aliphatic rings. The maximum atomic E-state index is 11.8. The van der Waals surface area contributed by atoms with Crippen molar-refractivity contribution >= 4 is 47.6 Å². The third kappa shape index (κ3) is 9.93. The fourth-order valence-corrected chi connectivity index (χ4v) is 2.90. The van der Waals surface area contributed by atoms with Crippen molar-refractivity contribution in [1.82, 2.24) is 20.4 Å². The number of hydrogen-bond acceptors (Lipinski definition) is 4. The average Bonchev–Trinajstić information content (AvgIpc) is 2.53. The van der Waals surface area contributed by atoms with E-state index in [9.17, 15) is 4.79 Å². The zero-order valence-electron chi connectivity index (χ0n) is 15.5. The fraction of sp³-hybridized carbons (Fsp3) is 0.875. The van der Waals surface area contributed by atoms with Crippen LogP contribution in [0.4, 0.5) is 0 Å². The lowest BCUT2D eigenvalue weighted by Gasteiger charge is -2.33. The van der Waals surface area contributed by atoms with Crippen LogP contribution in [0.5, 0.6) is 0 Å². The van der Waals surface area contributed by atoms with Gasteiger partial charge in [-0.05, 0) is 38.2 Å².